The molecule has 1 heterocycles. The van der Waals surface area contributed by atoms with Gasteiger partial charge in [-0.25, -0.2) is 0 Å². The summed E-state index contributed by atoms with van der Waals surface area (Å²) in [7, 11) is 4.77. The van der Waals surface area contributed by atoms with Crippen molar-refractivity contribution in [1.82, 2.24) is 5.16 Å². The fourth-order valence-electron chi connectivity index (χ4n) is 1.88. The Kier molecular flexibility index (Phi) is 4.34. The standard InChI is InChI=1S/C14H18N2O4/c1-9-5-13(16-20-9)15-8-10-6-11(17-2)14(19-4)12(7-10)18-3/h5-7H,8H2,1-4H3,(H,15,16). The Bertz CT molecular complexity index is 555. The molecular weight excluding hydrogens is 260 g/mol. The van der Waals surface area contributed by atoms with Crippen LogP contribution in [0.25, 0.3) is 0 Å². The van der Waals surface area contributed by atoms with Crippen LogP contribution in [-0.2, 0) is 6.54 Å². The maximum atomic E-state index is 5.31. The predicted octanol–water partition coefficient (Wildman–Crippen LogP) is 2.62. The summed E-state index contributed by atoms with van der Waals surface area (Å²) in [5, 5.41) is 7.04. The first-order valence-electron chi connectivity index (χ1n) is 6.14. The monoisotopic (exact) mass is 278 g/mol. The first-order chi connectivity index (χ1) is 9.67. The summed E-state index contributed by atoms with van der Waals surface area (Å²) in [5.41, 5.74) is 0.986. The lowest BCUT2D eigenvalue weighted by molar-refractivity contribution is 0.324. The summed E-state index contributed by atoms with van der Waals surface area (Å²) >= 11 is 0. The highest BCUT2D eigenvalue weighted by atomic mass is 16.5. The molecule has 0 saturated heterocycles. The van der Waals surface area contributed by atoms with Gasteiger partial charge in [0.15, 0.2) is 17.3 Å². The first-order valence-corrected chi connectivity index (χ1v) is 6.14. The number of hydrogen-bond acceptors (Lipinski definition) is 6. The summed E-state index contributed by atoms with van der Waals surface area (Å²) in [6.07, 6.45) is 0. The van der Waals surface area contributed by atoms with Crippen LogP contribution >= 0.6 is 0 Å². The number of anilines is 1. The SMILES string of the molecule is COc1cc(CNc2cc(C)on2)cc(OC)c1OC. The minimum Gasteiger partial charge on any atom is -0.493 e. The van der Waals surface area contributed by atoms with Crippen LogP contribution in [0, 0.1) is 6.92 Å². The molecule has 1 aromatic carbocycles. The van der Waals surface area contributed by atoms with E-state index in [0.717, 1.165) is 11.3 Å². The van der Waals surface area contributed by atoms with E-state index in [0.29, 0.717) is 29.6 Å². The molecular formula is C14H18N2O4. The Hall–Kier alpha value is -2.37. The molecule has 2 aromatic rings. The quantitative estimate of drug-likeness (QED) is 0.876. The van der Waals surface area contributed by atoms with Gasteiger partial charge in [0, 0.05) is 12.6 Å². The van der Waals surface area contributed by atoms with Crippen molar-refractivity contribution in [1.29, 1.82) is 0 Å². The number of methoxy groups -OCH3 is 3. The number of nitrogens with zero attached hydrogens (tertiary/aromatic N) is 1. The maximum Gasteiger partial charge on any atom is 0.203 e. The summed E-state index contributed by atoms with van der Waals surface area (Å²) in [5.74, 6) is 3.28. The molecule has 2 rings (SSSR count). The molecule has 6 nitrogen and oxygen atoms in total. The molecule has 1 aromatic heterocycles. The molecule has 108 valence electrons. The minimum absolute atomic E-state index is 0.572. The fraction of sp³-hybridized carbons (Fsp3) is 0.357. The zero-order chi connectivity index (χ0) is 14.5. The smallest absolute Gasteiger partial charge is 0.203 e. The number of aryl methyl sites for hydroxylation is 1. The maximum absolute atomic E-state index is 5.31. The van der Waals surface area contributed by atoms with Crippen LogP contribution in [0.5, 0.6) is 17.2 Å². The summed E-state index contributed by atoms with van der Waals surface area (Å²) in [6, 6.07) is 5.61. The second-order valence-corrected chi connectivity index (χ2v) is 4.21. The Balaban J connectivity index is 2.19. The molecule has 0 aliphatic heterocycles. The second-order valence-electron chi connectivity index (χ2n) is 4.21. The van der Waals surface area contributed by atoms with Gasteiger partial charge in [0.2, 0.25) is 5.75 Å². The number of ether oxygens (including phenoxy) is 3. The van der Waals surface area contributed by atoms with Crippen LogP contribution in [0.1, 0.15) is 11.3 Å². The van der Waals surface area contributed by atoms with E-state index in [-0.39, 0.29) is 0 Å². The molecule has 0 atom stereocenters. The molecule has 0 bridgehead atoms. The highest BCUT2D eigenvalue weighted by Crippen LogP contribution is 2.38. The van der Waals surface area contributed by atoms with E-state index in [1.54, 1.807) is 21.3 Å². The Morgan fingerprint density at radius 2 is 1.70 bits per heavy atom. The summed E-state index contributed by atoms with van der Waals surface area (Å²) < 4.78 is 20.9. The molecule has 20 heavy (non-hydrogen) atoms. The third kappa shape index (κ3) is 2.96. The van der Waals surface area contributed by atoms with Gasteiger partial charge < -0.3 is 24.1 Å². The fourth-order valence-corrected chi connectivity index (χ4v) is 1.88. The number of hydrogen-bond donors (Lipinski definition) is 1. The molecule has 0 aliphatic carbocycles. The van der Waals surface area contributed by atoms with Crippen molar-refractivity contribution in [2.75, 3.05) is 26.6 Å². The zero-order valence-electron chi connectivity index (χ0n) is 12.0. The van der Waals surface area contributed by atoms with Crippen molar-refractivity contribution in [2.24, 2.45) is 0 Å². The molecule has 0 spiro atoms. The molecule has 1 N–H and O–H groups in total. The Morgan fingerprint density at radius 1 is 1.05 bits per heavy atom. The summed E-state index contributed by atoms with van der Waals surface area (Å²) in [6.45, 7) is 2.42. The molecule has 0 amide bonds. The van der Waals surface area contributed by atoms with Gasteiger partial charge >= 0.3 is 0 Å². The highest BCUT2D eigenvalue weighted by molar-refractivity contribution is 5.54. The van der Waals surface area contributed by atoms with E-state index in [2.05, 4.69) is 10.5 Å². The lowest BCUT2D eigenvalue weighted by atomic mass is 10.2. The van der Waals surface area contributed by atoms with Gasteiger partial charge in [-0.1, -0.05) is 5.16 Å². The van der Waals surface area contributed by atoms with E-state index < -0.39 is 0 Å². The normalized spacial score (nSPS) is 10.2. The summed E-state index contributed by atoms with van der Waals surface area (Å²) in [4.78, 5) is 0. The Labute approximate surface area is 117 Å². The molecule has 0 fully saturated rings. The average Bonchev–Trinajstić information content (AvgIpc) is 2.89. The van der Waals surface area contributed by atoms with Crippen molar-refractivity contribution < 1.29 is 18.7 Å². The third-order valence-corrected chi connectivity index (χ3v) is 2.83. The van der Waals surface area contributed by atoms with Crippen LogP contribution < -0.4 is 19.5 Å². The van der Waals surface area contributed by atoms with Crippen molar-refractivity contribution >= 4 is 5.82 Å². The number of nitrogens with one attached hydrogen (secondary N) is 1. The third-order valence-electron chi connectivity index (χ3n) is 2.83. The minimum atomic E-state index is 0.572. The van der Waals surface area contributed by atoms with E-state index in [9.17, 15) is 0 Å². The van der Waals surface area contributed by atoms with Crippen LogP contribution in [0.15, 0.2) is 22.7 Å². The average molecular weight is 278 g/mol. The van der Waals surface area contributed by atoms with Crippen molar-refractivity contribution in [3.05, 3.63) is 29.5 Å². The van der Waals surface area contributed by atoms with Crippen LogP contribution in [-0.4, -0.2) is 26.5 Å². The molecule has 0 saturated carbocycles. The van der Waals surface area contributed by atoms with Gasteiger partial charge in [-0.15, -0.1) is 0 Å². The molecule has 0 aliphatic rings. The van der Waals surface area contributed by atoms with Crippen molar-refractivity contribution in [3.8, 4) is 17.2 Å². The van der Waals surface area contributed by atoms with Crippen LogP contribution in [0.2, 0.25) is 0 Å². The second kappa shape index (κ2) is 6.18. The highest BCUT2D eigenvalue weighted by Gasteiger charge is 2.13. The molecule has 6 heteroatoms. The number of benzene rings is 1. The number of aromatic nitrogens is 1. The topological polar surface area (TPSA) is 65.8 Å². The Morgan fingerprint density at radius 3 is 2.15 bits per heavy atom. The van der Waals surface area contributed by atoms with Gasteiger partial charge in [0.1, 0.15) is 5.76 Å². The van der Waals surface area contributed by atoms with Gasteiger partial charge in [0.25, 0.3) is 0 Å². The lowest BCUT2D eigenvalue weighted by Gasteiger charge is -2.14. The van der Waals surface area contributed by atoms with Gasteiger partial charge in [-0.2, -0.15) is 0 Å². The lowest BCUT2D eigenvalue weighted by Crippen LogP contribution is -2.02. The van der Waals surface area contributed by atoms with Crippen LogP contribution in [0.4, 0.5) is 5.82 Å². The van der Waals surface area contributed by atoms with Gasteiger partial charge in [-0.3, -0.25) is 0 Å². The van der Waals surface area contributed by atoms with Gasteiger partial charge in [-0.05, 0) is 24.6 Å². The van der Waals surface area contributed by atoms with Crippen molar-refractivity contribution in [3.63, 3.8) is 0 Å². The molecule has 0 unspecified atom stereocenters. The van der Waals surface area contributed by atoms with Gasteiger partial charge in [0.05, 0.1) is 21.3 Å². The van der Waals surface area contributed by atoms with Crippen LogP contribution in [0.3, 0.4) is 0 Å². The largest absolute Gasteiger partial charge is 0.493 e. The predicted molar refractivity (Wildman–Crippen MR) is 74.7 cm³/mol. The molecule has 0 radical (unpaired) electrons. The van der Waals surface area contributed by atoms with E-state index in [4.69, 9.17) is 18.7 Å². The number of rotatable bonds is 6. The van der Waals surface area contributed by atoms with E-state index in [1.807, 2.05) is 25.1 Å². The van der Waals surface area contributed by atoms with E-state index >= 15 is 0 Å². The van der Waals surface area contributed by atoms with E-state index in [1.165, 1.54) is 0 Å². The van der Waals surface area contributed by atoms with Crippen molar-refractivity contribution in [2.45, 2.75) is 13.5 Å². The zero-order valence-corrected chi connectivity index (χ0v) is 12.0. The first kappa shape index (κ1) is 14.0.